The van der Waals surface area contributed by atoms with Gasteiger partial charge in [-0.3, -0.25) is 18.6 Å². The standard InChI is InChI=1S/C54H96NO8P/c1-6-8-10-12-14-16-18-19-20-21-22-23-24-25-26-27-28-29-30-31-32-33-34-35-37-39-41-43-45-47-54(57)63-52(51-62-64(58,59)61-49-48-55(3,4)5)50-60-53(56)46-44-42-40-38-36-17-15-13-11-9-7-2/h8,10,14,16,19-20,22-23,25-26,28-29,52H,6-7,9,11-13,15,17-18,21,24,27,30-51H2,1-5H3/p+1/b10-8-,16-14-,20-19-,23-22-,26-25-,29-28-. The van der Waals surface area contributed by atoms with Crippen LogP contribution in [0.25, 0.3) is 0 Å². The summed E-state index contributed by atoms with van der Waals surface area (Å²) in [7, 11) is 1.47. The van der Waals surface area contributed by atoms with Gasteiger partial charge in [0.15, 0.2) is 6.10 Å². The summed E-state index contributed by atoms with van der Waals surface area (Å²) < 4.78 is 34.4. The summed E-state index contributed by atoms with van der Waals surface area (Å²) in [6.07, 6.45) is 58.2. The number of hydrogen-bond acceptors (Lipinski definition) is 7. The Morgan fingerprint density at radius 1 is 0.500 bits per heavy atom. The number of ether oxygens (including phenoxy) is 2. The molecule has 0 heterocycles. The maximum Gasteiger partial charge on any atom is 0.472 e. The van der Waals surface area contributed by atoms with E-state index in [0.717, 1.165) is 83.5 Å². The molecule has 0 aliphatic rings. The minimum absolute atomic E-state index is 0.0292. The lowest BCUT2D eigenvalue weighted by Gasteiger charge is -2.24. The van der Waals surface area contributed by atoms with Crippen LogP contribution in [-0.2, 0) is 32.7 Å². The SMILES string of the molecule is CC/C=C\C/C=C\C/C=C\C/C=C\C/C=C\C/C=C\CCCCCCCCCCCCC(=O)OC(COC(=O)CCCCCCCCCCCCC)COP(=O)(O)OCC[N+](C)(C)C. The van der Waals surface area contributed by atoms with E-state index in [1.165, 1.54) is 89.9 Å². The van der Waals surface area contributed by atoms with E-state index in [1.54, 1.807) is 0 Å². The summed E-state index contributed by atoms with van der Waals surface area (Å²) in [5.41, 5.74) is 0. The fourth-order valence-corrected chi connectivity index (χ4v) is 7.52. The first-order valence-corrected chi connectivity index (χ1v) is 27.2. The van der Waals surface area contributed by atoms with E-state index >= 15 is 0 Å². The molecule has 0 aliphatic heterocycles. The van der Waals surface area contributed by atoms with Gasteiger partial charge >= 0.3 is 19.8 Å². The van der Waals surface area contributed by atoms with Gasteiger partial charge in [-0.25, -0.2) is 4.57 Å². The molecule has 0 aromatic heterocycles. The molecule has 9 nitrogen and oxygen atoms in total. The van der Waals surface area contributed by atoms with Crippen LogP contribution in [0.15, 0.2) is 72.9 Å². The molecule has 0 amide bonds. The summed E-state index contributed by atoms with van der Waals surface area (Å²) in [6.45, 7) is 4.30. The Hall–Kier alpha value is -2.55. The third kappa shape index (κ3) is 48.9. The van der Waals surface area contributed by atoms with Gasteiger partial charge in [0.05, 0.1) is 27.7 Å². The first kappa shape index (κ1) is 61.5. The molecule has 0 spiro atoms. The molecule has 2 atom stereocenters. The fraction of sp³-hybridized carbons (Fsp3) is 0.741. The second kappa shape index (κ2) is 45.6. The quantitative estimate of drug-likeness (QED) is 0.0211. The Morgan fingerprint density at radius 3 is 1.33 bits per heavy atom. The second-order valence-corrected chi connectivity index (χ2v) is 19.6. The molecule has 0 aromatic carbocycles. The lowest BCUT2D eigenvalue weighted by Crippen LogP contribution is -2.37. The third-order valence-corrected chi connectivity index (χ3v) is 11.7. The average Bonchev–Trinajstić information content (AvgIpc) is 3.25. The van der Waals surface area contributed by atoms with E-state index < -0.39 is 26.5 Å². The minimum Gasteiger partial charge on any atom is -0.462 e. The van der Waals surface area contributed by atoms with Crippen molar-refractivity contribution in [3.05, 3.63) is 72.9 Å². The molecule has 0 rings (SSSR count). The van der Waals surface area contributed by atoms with Crippen LogP contribution >= 0.6 is 7.82 Å². The molecule has 0 radical (unpaired) electrons. The predicted molar refractivity (Wildman–Crippen MR) is 270 cm³/mol. The number of allylic oxidation sites excluding steroid dienone is 12. The van der Waals surface area contributed by atoms with Crippen LogP contribution in [0, 0.1) is 0 Å². The zero-order valence-electron chi connectivity index (χ0n) is 41.7. The number of phosphoric ester groups is 1. The molecular formula is C54H97NO8P+. The molecule has 0 saturated carbocycles. The largest absolute Gasteiger partial charge is 0.472 e. The molecule has 10 heteroatoms. The van der Waals surface area contributed by atoms with Crippen molar-refractivity contribution in [2.75, 3.05) is 47.5 Å². The lowest BCUT2D eigenvalue weighted by molar-refractivity contribution is -0.870. The number of quaternary nitrogens is 1. The smallest absolute Gasteiger partial charge is 0.462 e. The predicted octanol–water partition coefficient (Wildman–Crippen LogP) is 15.4. The highest BCUT2D eigenvalue weighted by atomic mass is 31.2. The van der Waals surface area contributed by atoms with Gasteiger partial charge in [-0.05, 0) is 64.2 Å². The van der Waals surface area contributed by atoms with Crippen LogP contribution in [0.3, 0.4) is 0 Å². The van der Waals surface area contributed by atoms with Crippen molar-refractivity contribution in [3.8, 4) is 0 Å². The Kier molecular flexibility index (Phi) is 43.8. The van der Waals surface area contributed by atoms with Gasteiger partial charge in [0.1, 0.15) is 19.8 Å². The summed E-state index contributed by atoms with van der Waals surface area (Å²) in [6, 6.07) is 0. The molecule has 1 N–H and O–H groups in total. The van der Waals surface area contributed by atoms with E-state index in [2.05, 4.69) is 86.8 Å². The summed E-state index contributed by atoms with van der Waals surface area (Å²) in [4.78, 5) is 35.5. The molecule has 2 unspecified atom stereocenters. The molecular weight excluding hydrogens is 822 g/mol. The normalized spacial score (nSPS) is 14.0. The molecule has 370 valence electrons. The van der Waals surface area contributed by atoms with Crippen molar-refractivity contribution in [1.29, 1.82) is 0 Å². The van der Waals surface area contributed by atoms with E-state index in [4.69, 9.17) is 18.5 Å². The molecule has 0 aliphatic carbocycles. The van der Waals surface area contributed by atoms with Gasteiger partial charge in [-0.1, -0.05) is 202 Å². The van der Waals surface area contributed by atoms with Gasteiger partial charge in [0.25, 0.3) is 0 Å². The van der Waals surface area contributed by atoms with E-state index in [-0.39, 0.29) is 32.0 Å². The third-order valence-electron chi connectivity index (χ3n) is 10.8. The van der Waals surface area contributed by atoms with Crippen LogP contribution in [-0.4, -0.2) is 74.9 Å². The van der Waals surface area contributed by atoms with Crippen molar-refractivity contribution in [2.24, 2.45) is 0 Å². The number of rotatable bonds is 46. The van der Waals surface area contributed by atoms with Crippen molar-refractivity contribution in [2.45, 2.75) is 213 Å². The van der Waals surface area contributed by atoms with Gasteiger partial charge in [-0.2, -0.15) is 0 Å². The highest BCUT2D eigenvalue weighted by Gasteiger charge is 2.27. The van der Waals surface area contributed by atoms with Crippen molar-refractivity contribution >= 4 is 19.8 Å². The number of unbranched alkanes of at least 4 members (excludes halogenated alkanes) is 20. The highest BCUT2D eigenvalue weighted by Crippen LogP contribution is 2.43. The maximum absolute atomic E-state index is 12.7. The van der Waals surface area contributed by atoms with Gasteiger partial charge in [-0.15, -0.1) is 0 Å². The summed E-state index contributed by atoms with van der Waals surface area (Å²) in [5.74, 6) is -0.804. The monoisotopic (exact) mass is 919 g/mol. The van der Waals surface area contributed by atoms with Gasteiger partial charge in [0.2, 0.25) is 0 Å². The molecule has 0 saturated heterocycles. The van der Waals surface area contributed by atoms with Gasteiger partial charge < -0.3 is 18.9 Å². The topological polar surface area (TPSA) is 108 Å². The lowest BCUT2D eigenvalue weighted by atomic mass is 10.0. The zero-order chi connectivity index (χ0) is 47.1. The number of carbonyl (C=O) groups is 2. The number of hydrogen-bond donors (Lipinski definition) is 1. The van der Waals surface area contributed by atoms with Crippen molar-refractivity contribution in [1.82, 2.24) is 0 Å². The number of nitrogens with zero attached hydrogens (tertiary/aromatic N) is 1. The Labute approximate surface area is 393 Å². The number of likely N-dealkylation sites (N-methyl/N-ethyl adjacent to an activating group) is 1. The van der Waals surface area contributed by atoms with Crippen LogP contribution in [0.5, 0.6) is 0 Å². The minimum atomic E-state index is -4.38. The van der Waals surface area contributed by atoms with Crippen LogP contribution in [0.2, 0.25) is 0 Å². The first-order valence-electron chi connectivity index (χ1n) is 25.7. The Morgan fingerprint density at radius 2 is 0.891 bits per heavy atom. The summed E-state index contributed by atoms with van der Waals surface area (Å²) in [5, 5.41) is 0. The fourth-order valence-electron chi connectivity index (χ4n) is 6.78. The molecule has 0 bridgehead atoms. The number of esters is 2. The molecule has 64 heavy (non-hydrogen) atoms. The second-order valence-electron chi connectivity index (χ2n) is 18.2. The van der Waals surface area contributed by atoms with Crippen LogP contribution in [0.1, 0.15) is 206 Å². The van der Waals surface area contributed by atoms with Crippen molar-refractivity contribution in [3.63, 3.8) is 0 Å². The van der Waals surface area contributed by atoms with Crippen LogP contribution < -0.4 is 0 Å². The number of phosphoric acid groups is 1. The highest BCUT2D eigenvalue weighted by molar-refractivity contribution is 7.47. The number of carbonyl (C=O) groups excluding carboxylic acids is 2. The van der Waals surface area contributed by atoms with E-state index in [1.807, 2.05) is 21.1 Å². The van der Waals surface area contributed by atoms with E-state index in [9.17, 15) is 19.0 Å². The Balaban J connectivity index is 4.16. The molecule has 0 fully saturated rings. The summed E-state index contributed by atoms with van der Waals surface area (Å²) >= 11 is 0. The first-order chi connectivity index (χ1) is 31.0. The Bertz CT molecular complexity index is 1310. The van der Waals surface area contributed by atoms with Crippen LogP contribution in [0.4, 0.5) is 0 Å². The average molecular weight is 919 g/mol. The zero-order valence-corrected chi connectivity index (χ0v) is 42.6. The maximum atomic E-state index is 12.7. The van der Waals surface area contributed by atoms with Crippen molar-refractivity contribution < 1.29 is 42.1 Å². The molecule has 0 aromatic rings. The van der Waals surface area contributed by atoms with E-state index in [0.29, 0.717) is 17.4 Å². The van der Waals surface area contributed by atoms with Gasteiger partial charge in [0, 0.05) is 12.8 Å².